The van der Waals surface area contributed by atoms with Gasteiger partial charge in [-0.2, -0.15) is 0 Å². The molecule has 2 aromatic rings. The molecule has 4 N–H and O–H groups in total. The molecule has 0 saturated heterocycles. The largest absolute Gasteiger partial charge is 0.396 e. The minimum Gasteiger partial charge on any atom is -0.396 e. The maximum Gasteiger partial charge on any atom is 0.271 e. The molecule has 0 heterocycles. The van der Waals surface area contributed by atoms with Gasteiger partial charge in [0.15, 0.2) is 5.11 Å². The van der Waals surface area contributed by atoms with E-state index in [1.54, 1.807) is 12.1 Å². The summed E-state index contributed by atoms with van der Waals surface area (Å²) in [6.07, 6.45) is 0. The molecule has 120 valence electrons. The lowest BCUT2D eigenvalue weighted by Gasteiger charge is -2.13. The van der Waals surface area contributed by atoms with Crippen LogP contribution in [0.2, 0.25) is 15.1 Å². The maximum atomic E-state index is 10.8. The van der Waals surface area contributed by atoms with Gasteiger partial charge in [0.2, 0.25) is 0 Å². The van der Waals surface area contributed by atoms with Crippen LogP contribution in [0, 0.1) is 10.1 Å². The first-order valence-electron chi connectivity index (χ1n) is 6.04. The zero-order valence-electron chi connectivity index (χ0n) is 11.3. The highest BCUT2D eigenvalue weighted by Crippen LogP contribution is 2.31. The van der Waals surface area contributed by atoms with Gasteiger partial charge in [0.25, 0.3) is 5.69 Å². The molecule has 0 aliphatic heterocycles. The van der Waals surface area contributed by atoms with E-state index < -0.39 is 4.92 Å². The Morgan fingerprint density at radius 3 is 2.26 bits per heavy atom. The van der Waals surface area contributed by atoms with Crippen LogP contribution in [0.5, 0.6) is 0 Å². The molecular formula is C13H9Cl3N4O2S. The second-order valence-corrected chi connectivity index (χ2v) is 5.98. The summed E-state index contributed by atoms with van der Waals surface area (Å²) in [5.74, 6) is 0. The van der Waals surface area contributed by atoms with Gasteiger partial charge in [0, 0.05) is 17.8 Å². The van der Waals surface area contributed by atoms with Gasteiger partial charge in [-0.05, 0) is 30.4 Å². The van der Waals surface area contributed by atoms with Crippen molar-refractivity contribution in [2.75, 3.05) is 16.4 Å². The number of non-ortho nitro benzene ring substituents is 1. The van der Waals surface area contributed by atoms with Gasteiger partial charge in [0.1, 0.15) is 0 Å². The number of rotatable bonds is 3. The molecule has 10 heteroatoms. The molecule has 0 fully saturated rings. The van der Waals surface area contributed by atoms with Gasteiger partial charge in [-0.15, -0.1) is 0 Å². The van der Waals surface area contributed by atoms with Gasteiger partial charge >= 0.3 is 0 Å². The average Bonchev–Trinajstić information content (AvgIpc) is 2.46. The summed E-state index contributed by atoms with van der Waals surface area (Å²) in [6.45, 7) is 0. The Balaban J connectivity index is 2.17. The third-order valence-electron chi connectivity index (χ3n) is 2.75. The van der Waals surface area contributed by atoms with E-state index in [1.807, 2.05) is 0 Å². The van der Waals surface area contributed by atoms with Crippen molar-refractivity contribution in [3.63, 3.8) is 0 Å². The third kappa shape index (κ3) is 4.35. The number of nitro groups is 1. The fourth-order valence-corrected chi connectivity index (χ4v) is 2.54. The number of nitrogens with zero attached hydrogens (tertiary/aromatic N) is 1. The number of hydrogen-bond donors (Lipinski definition) is 3. The van der Waals surface area contributed by atoms with Crippen molar-refractivity contribution in [2.24, 2.45) is 0 Å². The van der Waals surface area contributed by atoms with E-state index in [0.717, 1.165) is 0 Å². The van der Waals surface area contributed by atoms with E-state index in [0.29, 0.717) is 11.4 Å². The Kier molecular flexibility index (Phi) is 5.48. The number of anilines is 3. The Bertz CT molecular complexity index is 778. The van der Waals surface area contributed by atoms with Crippen molar-refractivity contribution in [3.8, 4) is 0 Å². The molecule has 0 bridgehead atoms. The lowest BCUT2D eigenvalue weighted by atomic mass is 10.2. The van der Waals surface area contributed by atoms with Crippen LogP contribution in [-0.4, -0.2) is 10.0 Å². The first-order chi connectivity index (χ1) is 10.8. The molecule has 0 aliphatic rings. The zero-order valence-corrected chi connectivity index (χ0v) is 14.4. The Hall–Kier alpha value is -1.80. The SMILES string of the molecule is Nc1c(Cl)cc(NC(=S)Nc2cc([N+](=O)[O-])ccc2Cl)cc1Cl. The van der Waals surface area contributed by atoms with Crippen LogP contribution < -0.4 is 16.4 Å². The van der Waals surface area contributed by atoms with Crippen molar-refractivity contribution in [1.29, 1.82) is 0 Å². The van der Waals surface area contributed by atoms with E-state index in [2.05, 4.69) is 10.6 Å². The van der Waals surface area contributed by atoms with Gasteiger partial charge in [-0.25, -0.2) is 0 Å². The molecule has 0 aliphatic carbocycles. The molecule has 0 spiro atoms. The van der Waals surface area contributed by atoms with E-state index in [4.69, 9.17) is 52.8 Å². The quantitative estimate of drug-likeness (QED) is 0.297. The van der Waals surface area contributed by atoms with Crippen LogP contribution in [0.1, 0.15) is 0 Å². The van der Waals surface area contributed by atoms with E-state index in [9.17, 15) is 10.1 Å². The van der Waals surface area contributed by atoms with Crippen LogP contribution in [0.4, 0.5) is 22.7 Å². The minimum absolute atomic E-state index is 0.113. The van der Waals surface area contributed by atoms with Crippen molar-refractivity contribution in [3.05, 3.63) is 55.5 Å². The van der Waals surface area contributed by atoms with Crippen LogP contribution in [0.3, 0.4) is 0 Å². The van der Waals surface area contributed by atoms with Gasteiger partial charge in [-0.3, -0.25) is 10.1 Å². The van der Waals surface area contributed by atoms with E-state index in [-0.39, 0.29) is 31.6 Å². The molecule has 0 saturated carbocycles. The zero-order chi connectivity index (χ0) is 17.1. The summed E-state index contributed by atoms with van der Waals surface area (Å²) < 4.78 is 0. The monoisotopic (exact) mass is 390 g/mol. The summed E-state index contributed by atoms with van der Waals surface area (Å²) in [5, 5.41) is 17.4. The highest BCUT2D eigenvalue weighted by Gasteiger charge is 2.11. The van der Waals surface area contributed by atoms with E-state index >= 15 is 0 Å². The molecule has 6 nitrogen and oxygen atoms in total. The lowest BCUT2D eigenvalue weighted by molar-refractivity contribution is -0.384. The Morgan fingerprint density at radius 1 is 1.09 bits per heavy atom. The number of halogens is 3. The molecule has 23 heavy (non-hydrogen) atoms. The average molecular weight is 392 g/mol. The molecule has 0 amide bonds. The molecule has 0 unspecified atom stereocenters. The van der Waals surface area contributed by atoms with Gasteiger partial charge < -0.3 is 16.4 Å². The van der Waals surface area contributed by atoms with Crippen LogP contribution in [0.25, 0.3) is 0 Å². The summed E-state index contributed by atoms with van der Waals surface area (Å²) in [6, 6.07) is 7.07. The number of nitrogens with two attached hydrogens (primary N) is 1. The van der Waals surface area contributed by atoms with Crippen molar-refractivity contribution >= 4 is 74.9 Å². The molecule has 2 aromatic carbocycles. The predicted molar refractivity (Wildman–Crippen MR) is 98.8 cm³/mol. The number of benzene rings is 2. The Morgan fingerprint density at radius 2 is 1.70 bits per heavy atom. The molecule has 0 radical (unpaired) electrons. The molecule has 0 atom stereocenters. The van der Waals surface area contributed by atoms with Crippen molar-refractivity contribution in [1.82, 2.24) is 0 Å². The first kappa shape index (κ1) is 17.6. The fraction of sp³-hybridized carbons (Fsp3) is 0. The van der Waals surface area contributed by atoms with Crippen molar-refractivity contribution in [2.45, 2.75) is 0 Å². The minimum atomic E-state index is -0.530. The number of nitro benzene ring substituents is 1. The smallest absolute Gasteiger partial charge is 0.271 e. The molecular weight excluding hydrogens is 383 g/mol. The van der Waals surface area contributed by atoms with Crippen LogP contribution in [0.15, 0.2) is 30.3 Å². The maximum absolute atomic E-state index is 10.8. The number of thiocarbonyl (C=S) groups is 1. The third-order valence-corrected chi connectivity index (χ3v) is 3.91. The van der Waals surface area contributed by atoms with E-state index in [1.165, 1.54) is 18.2 Å². The summed E-state index contributed by atoms with van der Waals surface area (Å²) in [7, 11) is 0. The number of nitrogens with one attached hydrogen (secondary N) is 2. The topological polar surface area (TPSA) is 93.2 Å². The normalized spacial score (nSPS) is 10.2. The van der Waals surface area contributed by atoms with Crippen LogP contribution in [-0.2, 0) is 0 Å². The fourth-order valence-electron chi connectivity index (χ4n) is 1.66. The number of hydrogen-bond acceptors (Lipinski definition) is 4. The highest BCUT2D eigenvalue weighted by molar-refractivity contribution is 7.80. The predicted octanol–water partition coefficient (Wildman–Crippen LogP) is 4.95. The summed E-state index contributed by atoms with van der Waals surface area (Å²) in [4.78, 5) is 10.3. The first-order valence-corrected chi connectivity index (χ1v) is 7.58. The molecule has 0 aromatic heterocycles. The van der Waals surface area contributed by atoms with Gasteiger partial charge in [0.05, 0.1) is 31.4 Å². The Labute approximate surface area is 151 Å². The molecule has 2 rings (SSSR count). The second kappa shape index (κ2) is 7.18. The second-order valence-electron chi connectivity index (χ2n) is 4.35. The van der Waals surface area contributed by atoms with Crippen molar-refractivity contribution < 1.29 is 4.92 Å². The summed E-state index contributed by atoms with van der Waals surface area (Å²) in [5.41, 5.74) is 6.60. The standard InChI is InChI=1S/C13H9Cl3N4O2S/c14-8-2-1-7(20(21)22)5-11(8)19-13(23)18-6-3-9(15)12(17)10(16)4-6/h1-5H,17H2,(H2,18,19,23). The van der Waals surface area contributed by atoms with Gasteiger partial charge in [-0.1, -0.05) is 34.8 Å². The highest BCUT2D eigenvalue weighted by atomic mass is 35.5. The number of nitrogen functional groups attached to an aromatic ring is 1. The lowest BCUT2D eigenvalue weighted by Crippen LogP contribution is -2.19. The summed E-state index contributed by atoms with van der Waals surface area (Å²) >= 11 is 23.0. The van der Waals surface area contributed by atoms with Crippen LogP contribution >= 0.6 is 47.0 Å².